The number of rotatable bonds is 2. The zero-order valence-corrected chi connectivity index (χ0v) is 12.6. The standard InChI is InChI=1S/C17H11N3O4/c1-10-5-4-8-14-18-9-13(19(10)14)17(23)24-20-15(21)11-6-2-3-7-12(11)16(20)22/h2-9H,1H3. The number of aromatic nitrogens is 2. The lowest BCUT2D eigenvalue weighted by Gasteiger charge is -2.12. The van der Waals surface area contributed by atoms with E-state index in [0.29, 0.717) is 10.7 Å². The van der Waals surface area contributed by atoms with Gasteiger partial charge in [0.1, 0.15) is 5.65 Å². The quantitative estimate of drug-likeness (QED) is 0.674. The lowest BCUT2D eigenvalue weighted by molar-refractivity contribution is -0.0589. The molecule has 0 aliphatic carbocycles. The van der Waals surface area contributed by atoms with Gasteiger partial charge in [0.15, 0.2) is 5.69 Å². The highest BCUT2D eigenvalue weighted by Crippen LogP contribution is 2.23. The monoisotopic (exact) mass is 321 g/mol. The number of imidazole rings is 1. The molecule has 0 atom stereocenters. The van der Waals surface area contributed by atoms with Gasteiger partial charge in [-0.15, -0.1) is 0 Å². The summed E-state index contributed by atoms with van der Waals surface area (Å²) in [5, 5.41) is 0.491. The average Bonchev–Trinajstić information content (AvgIpc) is 3.12. The maximum Gasteiger partial charge on any atom is 0.382 e. The number of hydrogen-bond donors (Lipinski definition) is 0. The number of hydroxylamine groups is 2. The highest BCUT2D eigenvalue weighted by molar-refractivity contribution is 6.21. The molecule has 1 aliphatic heterocycles. The molecule has 0 N–H and O–H groups in total. The van der Waals surface area contributed by atoms with E-state index < -0.39 is 17.8 Å². The fraction of sp³-hybridized carbons (Fsp3) is 0.0588. The van der Waals surface area contributed by atoms with Gasteiger partial charge in [-0.3, -0.25) is 14.0 Å². The van der Waals surface area contributed by atoms with Crippen molar-refractivity contribution in [1.82, 2.24) is 14.4 Å². The molecule has 3 aromatic rings. The minimum Gasteiger partial charge on any atom is -0.323 e. The second-order valence-corrected chi connectivity index (χ2v) is 5.33. The Labute approximate surface area is 136 Å². The number of aryl methyl sites for hydroxylation is 1. The van der Waals surface area contributed by atoms with Crippen LogP contribution in [-0.4, -0.2) is 32.2 Å². The normalized spacial score (nSPS) is 13.5. The number of amides is 2. The third kappa shape index (κ3) is 1.91. The van der Waals surface area contributed by atoms with Crippen LogP contribution in [-0.2, 0) is 4.84 Å². The number of carbonyl (C=O) groups is 3. The van der Waals surface area contributed by atoms with Crippen molar-refractivity contribution >= 4 is 23.4 Å². The molecule has 1 aliphatic rings. The van der Waals surface area contributed by atoms with Crippen LogP contribution < -0.4 is 0 Å². The van der Waals surface area contributed by atoms with E-state index in [0.717, 1.165) is 5.69 Å². The van der Waals surface area contributed by atoms with Crippen molar-refractivity contribution < 1.29 is 19.2 Å². The highest BCUT2D eigenvalue weighted by Gasteiger charge is 2.39. The van der Waals surface area contributed by atoms with Crippen LogP contribution >= 0.6 is 0 Å². The summed E-state index contributed by atoms with van der Waals surface area (Å²) in [6, 6.07) is 11.7. The molecule has 2 amide bonds. The number of hydrogen-bond acceptors (Lipinski definition) is 5. The Balaban J connectivity index is 1.68. The van der Waals surface area contributed by atoms with Crippen molar-refractivity contribution in [2.24, 2.45) is 0 Å². The Morgan fingerprint density at radius 1 is 1.00 bits per heavy atom. The molecule has 2 aromatic heterocycles. The summed E-state index contributed by atoms with van der Waals surface area (Å²) in [5.41, 5.74) is 1.91. The number of carbonyl (C=O) groups excluding carboxylic acids is 3. The van der Waals surface area contributed by atoms with Gasteiger partial charge in [-0.05, 0) is 31.2 Å². The van der Waals surface area contributed by atoms with Crippen molar-refractivity contribution in [2.45, 2.75) is 6.92 Å². The molecule has 1 aromatic carbocycles. The Hall–Kier alpha value is -3.48. The van der Waals surface area contributed by atoms with Crippen molar-refractivity contribution in [2.75, 3.05) is 0 Å². The first-order valence-electron chi connectivity index (χ1n) is 7.21. The topological polar surface area (TPSA) is 81.0 Å². The fourth-order valence-corrected chi connectivity index (χ4v) is 2.73. The van der Waals surface area contributed by atoms with Gasteiger partial charge >= 0.3 is 5.97 Å². The largest absolute Gasteiger partial charge is 0.382 e. The van der Waals surface area contributed by atoms with Crippen LogP contribution in [0.25, 0.3) is 5.65 Å². The zero-order valence-electron chi connectivity index (χ0n) is 12.6. The van der Waals surface area contributed by atoms with Crippen LogP contribution in [0.4, 0.5) is 0 Å². The molecule has 0 radical (unpaired) electrons. The summed E-state index contributed by atoms with van der Waals surface area (Å²) in [5.74, 6) is -2.14. The van der Waals surface area contributed by atoms with Gasteiger partial charge in [0.2, 0.25) is 0 Å². The molecule has 24 heavy (non-hydrogen) atoms. The third-order valence-corrected chi connectivity index (χ3v) is 3.86. The first kappa shape index (κ1) is 14.1. The molecule has 0 unspecified atom stereocenters. The van der Waals surface area contributed by atoms with E-state index in [1.807, 2.05) is 19.1 Å². The van der Waals surface area contributed by atoms with Gasteiger partial charge in [-0.25, -0.2) is 9.78 Å². The molecule has 0 spiro atoms. The number of nitrogens with zero attached hydrogens (tertiary/aromatic N) is 3. The summed E-state index contributed by atoms with van der Waals surface area (Å²) in [6.45, 7) is 1.81. The molecule has 7 nitrogen and oxygen atoms in total. The van der Waals surface area contributed by atoms with Gasteiger partial charge in [-0.1, -0.05) is 23.3 Å². The number of pyridine rings is 1. The zero-order chi connectivity index (χ0) is 16.8. The molecule has 3 heterocycles. The van der Waals surface area contributed by atoms with Gasteiger partial charge < -0.3 is 4.84 Å². The SMILES string of the molecule is Cc1cccc2ncc(C(=O)ON3C(=O)c4ccccc4C3=O)n12. The molecule has 118 valence electrons. The Morgan fingerprint density at radius 3 is 2.33 bits per heavy atom. The lowest BCUT2D eigenvalue weighted by atomic mass is 10.1. The first-order chi connectivity index (χ1) is 11.6. The predicted octanol–water partition coefficient (Wildman–Crippen LogP) is 2.01. The van der Waals surface area contributed by atoms with E-state index in [-0.39, 0.29) is 16.8 Å². The maximum atomic E-state index is 12.4. The number of benzene rings is 1. The third-order valence-electron chi connectivity index (χ3n) is 3.86. The van der Waals surface area contributed by atoms with Gasteiger partial charge in [0.05, 0.1) is 17.3 Å². The Bertz CT molecular complexity index is 987. The van der Waals surface area contributed by atoms with Crippen molar-refractivity contribution in [3.05, 3.63) is 71.2 Å². The molecule has 7 heteroatoms. The fourth-order valence-electron chi connectivity index (χ4n) is 2.73. The van der Waals surface area contributed by atoms with E-state index >= 15 is 0 Å². The molecule has 4 rings (SSSR count). The molecular formula is C17H11N3O4. The van der Waals surface area contributed by atoms with Crippen LogP contribution in [0.1, 0.15) is 36.9 Å². The molecular weight excluding hydrogens is 310 g/mol. The second kappa shape index (κ2) is 5.02. The van der Waals surface area contributed by atoms with E-state index in [2.05, 4.69) is 4.98 Å². The smallest absolute Gasteiger partial charge is 0.323 e. The van der Waals surface area contributed by atoms with Crippen molar-refractivity contribution in [3.63, 3.8) is 0 Å². The average molecular weight is 321 g/mol. The molecule has 0 bridgehead atoms. The van der Waals surface area contributed by atoms with Gasteiger partial charge in [0, 0.05) is 5.69 Å². The predicted molar refractivity (Wildman–Crippen MR) is 82.3 cm³/mol. The summed E-state index contributed by atoms with van der Waals surface area (Å²) in [7, 11) is 0. The van der Waals surface area contributed by atoms with Crippen molar-refractivity contribution in [1.29, 1.82) is 0 Å². The first-order valence-corrected chi connectivity index (χ1v) is 7.21. The highest BCUT2D eigenvalue weighted by atomic mass is 16.7. The maximum absolute atomic E-state index is 12.4. The van der Waals surface area contributed by atoms with Crippen LogP contribution in [0.3, 0.4) is 0 Å². The minimum atomic E-state index is -0.827. The number of fused-ring (bicyclic) bond motifs is 2. The van der Waals surface area contributed by atoms with Crippen LogP contribution in [0.15, 0.2) is 48.7 Å². The summed E-state index contributed by atoms with van der Waals surface area (Å²) in [6.07, 6.45) is 1.35. The van der Waals surface area contributed by atoms with E-state index in [4.69, 9.17) is 4.84 Å². The van der Waals surface area contributed by atoms with E-state index in [1.54, 1.807) is 22.6 Å². The Kier molecular flexibility index (Phi) is 2.96. The van der Waals surface area contributed by atoms with E-state index in [1.165, 1.54) is 18.3 Å². The van der Waals surface area contributed by atoms with Gasteiger partial charge in [0.25, 0.3) is 11.8 Å². The van der Waals surface area contributed by atoms with Gasteiger partial charge in [-0.2, -0.15) is 0 Å². The van der Waals surface area contributed by atoms with Crippen LogP contribution in [0.2, 0.25) is 0 Å². The van der Waals surface area contributed by atoms with Crippen molar-refractivity contribution in [3.8, 4) is 0 Å². The minimum absolute atomic E-state index is 0.139. The summed E-state index contributed by atoms with van der Waals surface area (Å²) >= 11 is 0. The van der Waals surface area contributed by atoms with Crippen LogP contribution in [0.5, 0.6) is 0 Å². The van der Waals surface area contributed by atoms with E-state index in [9.17, 15) is 14.4 Å². The molecule has 0 saturated heterocycles. The Morgan fingerprint density at radius 2 is 1.67 bits per heavy atom. The van der Waals surface area contributed by atoms with Crippen LogP contribution in [0, 0.1) is 6.92 Å². The second-order valence-electron chi connectivity index (χ2n) is 5.33. The molecule has 0 saturated carbocycles. The molecule has 0 fully saturated rings. The summed E-state index contributed by atoms with van der Waals surface area (Å²) < 4.78 is 1.60. The number of imide groups is 1. The summed E-state index contributed by atoms with van der Waals surface area (Å²) in [4.78, 5) is 46.1. The lowest BCUT2D eigenvalue weighted by Crippen LogP contribution is -2.33.